The van der Waals surface area contributed by atoms with Gasteiger partial charge in [0.05, 0.1) is 41.5 Å². The molecule has 25 heavy (non-hydrogen) atoms. The summed E-state index contributed by atoms with van der Waals surface area (Å²) in [7, 11) is 0. The first kappa shape index (κ1) is 16.9. The highest BCUT2D eigenvalue weighted by molar-refractivity contribution is 6.21. The van der Waals surface area contributed by atoms with Gasteiger partial charge >= 0.3 is 0 Å². The zero-order valence-electron chi connectivity index (χ0n) is 14.2. The Labute approximate surface area is 146 Å². The molecular formula is C20H18N2O3. The summed E-state index contributed by atoms with van der Waals surface area (Å²) in [5.74, 6) is -0.582. The molecule has 0 atom stereocenters. The molecule has 0 bridgehead atoms. The molecule has 2 aromatic carbocycles. The highest BCUT2D eigenvalue weighted by Crippen LogP contribution is 2.29. The molecule has 0 radical (unpaired) electrons. The summed E-state index contributed by atoms with van der Waals surface area (Å²) in [6, 6.07) is 16.1. The van der Waals surface area contributed by atoms with Gasteiger partial charge < -0.3 is 4.74 Å². The zero-order chi connectivity index (χ0) is 18.0. The van der Waals surface area contributed by atoms with Crippen molar-refractivity contribution in [2.45, 2.75) is 26.0 Å². The lowest BCUT2D eigenvalue weighted by atomic mass is 10.0. The highest BCUT2D eigenvalue weighted by Gasteiger charge is 2.43. The van der Waals surface area contributed by atoms with E-state index in [0.717, 1.165) is 5.56 Å². The number of nitrogens with zero attached hydrogens (tertiary/aromatic N) is 2. The van der Waals surface area contributed by atoms with Crippen LogP contribution in [-0.4, -0.2) is 28.9 Å². The van der Waals surface area contributed by atoms with Gasteiger partial charge in [0.1, 0.15) is 0 Å². The summed E-state index contributed by atoms with van der Waals surface area (Å²) < 4.78 is 5.74. The molecule has 2 amide bonds. The molecule has 0 aliphatic carbocycles. The molecule has 1 aliphatic rings. The van der Waals surface area contributed by atoms with E-state index in [9.17, 15) is 9.59 Å². The van der Waals surface area contributed by atoms with Crippen LogP contribution in [0.5, 0.6) is 0 Å². The minimum atomic E-state index is -0.778. The van der Waals surface area contributed by atoms with Crippen LogP contribution in [0, 0.1) is 11.3 Å². The van der Waals surface area contributed by atoms with Gasteiger partial charge in [0, 0.05) is 0 Å². The van der Waals surface area contributed by atoms with Gasteiger partial charge in [-0.3, -0.25) is 14.5 Å². The Hall–Kier alpha value is -2.97. The van der Waals surface area contributed by atoms with E-state index in [-0.39, 0.29) is 18.4 Å². The molecule has 0 N–H and O–H groups in total. The molecular weight excluding hydrogens is 316 g/mol. The van der Waals surface area contributed by atoms with Gasteiger partial charge in [0.15, 0.2) is 0 Å². The standard InChI is InChI=1S/C20H18N2O3/c1-20(2,13-25-12-15-7-5-6-14(10-15)11-21)22-18(23)16-8-3-4-9-17(16)19(22)24/h3-10H,12-13H2,1-2H3. The van der Waals surface area contributed by atoms with Gasteiger partial charge in [-0.15, -0.1) is 0 Å². The Morgan fingerprint density at radius 2 is 1.68 bits per heavy atom. The van der Waals surface area contributed by atoms with Gasteiger partial charge in [0.2, 0.25) is 0 Å². The number of hydrogen-bond acceptors (Lipinski definition) is 4. The number of nitriles is 1. The molecule has 1 heterocycles. The van der Waals surface area contributed by atoms with Gasteiger partial charge in [-0.25, -0.2) is 0 Å². The molecule has 1 aliphatic heterocycles. The van der Waals surface area contributed by atoms with Crippen LogP contribution in [0.15, 0.2) is 48.5 Å². The normalized spacial score (nSPS) is 13.7. The third kappa shape index (κ3) is 3.17. The van der Waals surface area contributed by atoms with Crippen LogP contribution in [0.3, 0.4) is 0 Å². The number of rotatable bonds is 5. The molecule has 5 nitrogen and oxygen atoms in total. The minimum absolute atomic E-state index is 0.204. The van der Waals surface area contributed by atoms with E-state index in [0.29, 0.717) is 23.3 Å². The van der Waals surface area contributed by atoms with Gasteiger partial charge in [0.25, 0.3) is 11.8 Å². The lowest BCUT2D eigenvalue weighted by Gasteiger charge is -2.33. The Bertz CT molecular complexity index is 846. The maximum absolute atomic E-state index is 12.6. The lowest BCUT2D eigenvalue weighted by molar-refractivity contribution is 0.0118. The smallest absolute Gasteiger partial charge is 0.262 e. The van der Waals surface area contributed by atoms with Crippen molar-refractivity contribution in [1.29, 1.82) is 5.26 Å². The van der Waals surface area contributed by atoms with E-state index in [1.54, 1.807) is 56.3 Å². The van der Waals surface area contributed by atoms with Gasteiger partial charge in [-0.2, -0.15) is 5.26 Å². The van der Waals surface area contributed by atoms with Crippen molar-refractivity contribution in [3.05, 3.63) is 70.8 Å². The number of fused-ring (bicyclic) bond motifs is 1. The average molecular weight is 334 g/mol. The fourth-order valence-electron chi connectivity index (χ4n) is 2.95. The van der Waals surface area contributed by atoms with E-state index in [4.69, 9.17) is 10.00 Å². The first-order chi connectivity index (χ1) is 11.9. The summed E-state index contributed by atoms with van der Waals surface area (Å²) in [5.41, 5.74) is 1.53. The number of imide groups is 1. The van der Waals surface area contributed by atoms with Crippen LogP contribution in [-0.2, 0) is 11.3 Å². The van der Waals surface area contributed by atoms with Crippen LogP contribution in [0.2, 0.25) is 0 Å². The number of carbonyl (C=O) groups is 2. The molecule has 2 aromatic rings. The topological polar surface area (TPSA) is 70.4 Å². The number of amides is 2. The third-order valence-corrected chi connectivity index (χ3v) is 4.18. The fraction of sp³-hybridized carbons (Fsp3) is 0.250. The maximum atomic E-state index is 12.6. The maximum Gasteiger partial charge on any atom is 0.262 e. The number of benzene rings is 2. The lowest BCUT2D eigenvalue weighted by Crippen LogP contribution is -2.50. The molecule has 3 rings (SSSR count). The second-order valence-electron chi connectivity index (χ2n) is 6.61. The van der Waals surface area contributed by atoms with Crippen molar-refractivity contribution in [3.8, 4) is 6.07 Å². The van der Waals surface area contributed by atoms with E-state index < -0.39 is 5.54 Å². The second kappa shape index (κ2) is 6.50. The molecule has 0 fully saturated rings. The second-order valence-corrected chi connectivity index (χ2v) is 6.61. The van der Waals surface area contributed by atoms with Gasteiger partial charge in [-0.1, -0.05) is 24.3 Å². The van der Waals surface area contributed by atoms with E-state index in [1.165, 1.54) is 4.90 Å². The highest BCUT2D eigenvalue weighted by atomic mass is 16.5. The van der Waals surface area contributed by atoms with Crippen LogP contribution >= 0.6 is 0 Å². The summed E-state index contributed by atoms with van der Waals surface area (Å²) >= 11 is 0. The first-order valence-corrected chi connectivity index (χ1v) is 7.99. The van der Waals surface area contributed by atoms with Crippen molar-refractivity contribution in [1.82, 2.24) is 4.90 Å². The zero-order valence-corrected chi connectivity index (χ0v) is 14.2. The van der Waals surface area contributed by atoms with Crippen LogP contribution in [0.25, 0.3) is 0 Å². The SMILES string of the molecule is CC(C)(COCc1cccc(C#N)c1)N1C(=O)c2ccccc2C1=O. The molecule has 126 valence electrons. The number of carbonyl (C=O) groups excluding carboxylic acids is 2. The molecule has 0 unspecified atom stereocenters. The Morgan fingerprint density at radius 1 is 1.04 bits per heavy atom. The fourth-order valence-corrected chi connectivity index (χ4v) is 2.95. The molecule has 0 spiro atoms. The van der Waals surface area contributed by atoms with Crippen molar-refractivity contribution in [2.24, 2.45) is 0 Å². The summed E-state index contributed by atoms with van der Waals surface area (Å²) in [6.45, 7) is 4.12. The van der Waals surface area contributed by atoms with E-state index in [2.05, 4.69) is 6.07 Å². The third-order valence-electron chi connectivity index (χ3n) is 4.18. The van der Waals surface area contributed by atoms with Crippen molar-refractivity contribution in [2.75, 3.05) is 6.61 Å². The Balaban J connectivity index is 1.69. The molecule has 0 saturated carbocycles. The Morgan fingerprint density at radius 3 is 2.28 bits per heavy atom. The van der Waals surface area contributed by atoms with Crippen molar-refractivity contribution >= 4 is 11.8 Å². The monoisotopic (exact) mass is 334 g/mol. The van der Waals surface area contributed by atoms with Crippen LogP contribution in [0.1, 0.15) is 45.7 Å². The van der Waals surface area contributed by atoms with E-state index >= 15 is 0 Å². The quantitative estimate of drug-likeness (QED) is 0.788. The Kier molecular flexibility index (Phi) is 4.39. The largest absolute Gasteiger partial charge is 0.374 e. The summed E-state index contributed by atoms with van der Waals surface area (Å²) in [6.07, 6.45) is 0. The average Bonchev–Trinajstić information content (AvgIpc) is 2.87. The summed E-state index contributed by atoms with van der Waals surface area (Å²) in [5, 5.41) is 8.93. The molecule has 0 aromatic heterocycles. The number of hydrogen-bond donors (Lipinski definition) is 0. The molecule has 0 saturated heterocycles. The molecule has 5 heteroatoms. The predicted octanol–water partition coefficient (Wildman–Crippen LogP) is 3.15. The predicted molar refractivity (Wildman–Crippen MR) is 91.8 cm³/mol. The van der Waals surface area contributed by atoms with Crippen LogP contribution in [0.4, 0.5) is 0 Å². The first-order valence-electron chi connectivity index (χ1n) is 7.99. The van der Waals surface area contributed by atoms with E-state index in [1.807, 2.05) is 6.07 Å². The summed E-state index contributed by atoms with van der Waals surface area (Å²) in [4.78, 5) is 26.4. The number of ether oxygens (including phenoxy) is 1. The van der Waals surface area contributed by atoms with Crippen molar-refractivity contribution < 1.29 is 14.3 Å². The van der Waals surface area contributed by atoms with Crippen LogP contribution < -0.4 is 0 Å². The van der Waals surface area contributed by atoms with Crippen molar-refractivity contribution in [3.63, 3.8) is 0 Å². The minimum Gasteiger partial charge on any atom is -0.374 e. The van der Waals surface area contributed by atoms with Gasteiger partial charge in [-0.05, 0) is 43.7 Å².